The predicted molar refractivity (Wildman–Crippen MR) is 215 cm³/mol. The third kappa shape index (κ3) is 13.5. The molecular formula is C42H67N5O6S. The molecule has 2 amide bonds. The van der Waals surface area contributed by atoms with E-state index in [1.165, 1.54) is 11.3 Å². The summed E-state index contributed by atoms with van der Waals surface area (Å²) < 4.78 is 6.44. The van der Waals surface area contributed by atoms with Crippen molar-refractivity contribution in [2.24, 2.45) is 29.4 Å². The third-order valence-electron chi connectivity index (χ3n) is 10.8. The van der Waals surface area contributed by atoms with Gasteiger partial charge in [0.1, 0.15) is 28.3 Å². The van der Waals surface area contributed by atoms with Gasteiger partial charge in [0.05, 0.1) is 12.6 Å². The smallest absolute Gasteiger partial charge is 0.270 e. The number of thiazole rings is 1. The molecule has 1 aliphatic heterocycles. The maximum absolute atomic E-state index is 14.6. The second-order valence-electron chi connectivity index (χ2n) is 15.5. The first-order valence-corrected chi connectivity index (χ1v) is 21.2. The van der Waals surface area contributed by atoms with Crippen LogP contribution < -0.4 is 16.4 Å². The number of amides is 2. The highest BCUT2D eigenvalue weighted by atomic mass is 32.1. The van der Waals surface area contributed by atoms with Crippen molar-refractivity contribution in [2.45, 2.75) is 137 Å². The molecule has 7 atom stereocenters. The normalized spacial score (nSPS) is 18.0. The number of aromatic nitrogens is 1. The third-order valence-corrected chi connectivity index (χ3v) is 11.8. The van der Waals surface area contributed by atoms with E-state index in [4.69, 9.17) is 15.5 Å². The van der Waals surface area contributed by atoms with E-state index in [1.54, 1.807) is 29.6 Å². The molecule has 1 aliphatic rings. The van der Waals surface area contributed by atoms with Crippen molar-refractivity contribution in [1.29, 1.82) is 0 Å². The number of nitrogens with zero attached hydrogens (tertiary/aromatic N) is 2. The molecule has 1 saturated heterocycles. The Morgan fingerprint density at radius 1 is 1.06 bits per heavy atom. The van der Waals surface area contributed by atoms with E-state index in [0.717, 1.165) is 50.6 Å². The van der Waals surface area contributed by atoms with E-state index in [9.17, 15) is 24.3 Å². The molecule has 2 aromatic rings. The molecule has 54 heavy (non-hydrogen) atoms. The van der Waals surface area contributed by atoms with Gasteiger partial charge in [-0.25, -0.2) is 4.98 Å². The van der Waals surface area contributed by atoms with Crippen molar-refractivity contribution in [3.63, 3.8) is 0 Å². The Morgan fingerprint density at radius 3 is 2.37 bits per heavy atom. The molecule has 0 aliphatic carbocycles. The second kappa shape index (κ2) is 23.0. The van der Waals surface area contributed by atoms with Crippen molar-refractivity contribution >= 4 is 34.7 Å². The number of carbonyl (C=O) groups excluding carboxylic acids is 4. The van der Waals surface area contributed by atoms with Crippen LogP contribution in [0, 0.1) is 23.7 Å². The summed E-state index contributed by atoms with van der Waals surface area (Å²) in [5.41, 5.74) is 6.82. The highest BCUT2D eigenvalue weighted by Gasteiger charge is 2.38. The van der Waals surface area contributed by atoms with Gasteiger partial charge in [-0.15, -0.1) is 11.3 Å². The fourth-order valence-electron chi connectivity index (χ4n) is 7.34. The lowest BCUT2D eigenvalue weighted by atomic mass is 9.83. The minimum absolute atomic E-state index is 0.0320. The van der Waals surface area contributed by atoms with E-state index in [1.807, 2.05) is 18.7 Å². The number of ether oxygens (including phenoxy) is 1. The highest BCUT2D eigenvalue weighted by Crippen LogP contribution is 2.33. The number of nitrogens with one attached hydrogen (secondary N) is 2. The molecule has 1 aromatic heterocycles. The SMILES string of the molecule is CCCO[C@H](C[C@H](C(C)C)N(CCC)C(=O)[C@@H](CC(=O)[C@H]1CCCCN1)[C@@H](C)CC)c1nc(C(=O)N[C@@H](Cc2ccc(O)cc2)C[C@H](C)C(=O)CN)cs1. The van der Waals surface area contributed by atoms with Crippen molar-refractivity contribution in [2.75, 3.05) is 26.2 Å². The lowest BCUT2D eigenvalue weighted by molar-refractivity contribution is -0.144. The summed E-state index contributed by atoms with van der Waals surface area (Å²) in [7, 11) is 0. The largest absolute Gasteiger partial charge is 0.508 e. The molecule has 0 saturated carbocycles. The van der Waals surface area contributed by atoms with Crippen LogP contribution in [-0.2, 0) is 25.5 Å². The fourth-order valence-corrected chi connectivity index (χ4v) is 8.20. The fraction of sp³-hybridized carbons (Fsp3) is 0.690. The molecule has 1 aromatic carbocycles. The standard InChI is InChI=1S/C42H67N5O6S/c1-8-19-47(42(52)33(28(6)10-3)23-37(49)34-13-11-12-18-44-34)36(27(4)5)24-39(53-20-9-2)41-46-35(26-54-41)40(51)45-31(21-29(7)38(50)25-43)22-30-14-16-32(48)17-15-30/h14-17,26-29,31,33-34,36,39,44,48H,8-13,18-25,43H2,1-7H3,(H,45,51)/t28-,29-,31+,33-,34+,36+,39+/m0/s1. The molecule has 0 unspecified atom stereocenters. The molecule has 0 spiro atoms. The minimum Gasteiger partial charge on any atom is -0.508 e. The quantitative estimate of drug-likeness (QED) is 0.0918. The van der Waals surface area contributed by atoms with Crippen LogP contribution in [0.25, 0.3) is 0 Å². The Balaban J connectivity index is 1.86. The van der Waals surface area contributed by atoms with Gasteiger partial charge >= 0.3 is 0 Å². The summed E-state index contributed by atoms with van der Waals surface area (Å²) in [5.74, 6) is -0.702. The summed E-state index contributed by atoms with van der Waals surface area (Å²) in [6.07, 6.45) is 6.47. The van der Waals surface area contributed by atoms with E-state index in [2.05, 4.69) is 45.3 Å². The van der Waals surface area contributed by atoms with Crippen LogP contribution in [0.15, 0.2) is 29.6 Å². The van der Waals surface area contributed by atoms with Gasteiger partial charge in [0.25, 0.3) is 5.91 Å². The maximum atomic E-state index is 14.6. The first-order chi connectivity index (χ1) is 25.8. The molecule has 11 nitrogen and oxygen atoms in total. The van der Waals surface area contributed by atoms with Gasteiger partial charge < -0.3 is 31.1 Å². The van der Waals surface area contributed by atoms with Gasteiger partial charge in [-0.2, -0.15) is 0 Å². The Labute approximate surface area is 327 Å². The number of piperidine rings is 1. The molecule has 302 valence electrons. The summed E-state index contributed by atoms with van der Waals surface area (Å²) in [4.78, 5) is 61.0. The summed E-state index contributed by atoms with van der Waals surface area (Å²) in [6.45, 7) is 16.2. The lowest BCUT2D eigenvalue weighted by Gasteiger charge is -2.39. The number of phenols is 1. The molecule has 2 heterocycles. The Morgan fingerprint density at radius 2 is 1.78 bits per heavy atom. The number of rotatable bonds is 24. The maximum Gasteiger partial charge on any atom is 0.270 e. The first-order valence-electron chi connectivity index (χ1n) is 20.3. The van der Waals surface area contributed by atoms with Crippen LogP contribution in [-0.4, -0.2) is 82.7 Å². The highest BCUT2D eigenvalue weighted by molar-refractivity contribution is 7.09. The summed E-state index contributed by atoms with van der Waals surface area (Å²) in [5, 5.41) is 18.6. The number of hydrogen-bond acceptors (Lipinski definition) is 10. The monoisotopic (exact) mass is 769 g/mol. The van der Waals surface area contributed by atoms with Gasteiger partial charge in [-0.3, -0.25) is 19.2 Å². The molecule has 5 N–H and O–H groups in total. The van der Waals surface area contributed by atoms with E-state index in [-0.39, 0.29) is 83.7 Å². The van der Waals surface area contributed by atoms with Crippen molar-refractivity contribution < 1.29 is 29.0 Å². The first kappa shape index (κ1) is 45.2. The zero-order chi connectivity index (χ0) is 39.8. The Kier molecular flexibility index (Phi) is 19.3. The van der Waals surface area contributed by atoms with Crippen molar-refractivity contribution in [1.82, 2.24) is 20.5 Å². The van der Waals surface area contributed by atoms with E-state index < -0.39 is 12.0 Å². The number of hydrogen-bond donors (Lipinski definition) is 4. The van der Waals surface area contributed by atoms with Crippen LogP contribution in [0.5, 0.6) is 5.75 Å². The van der Waals surface area contributed by atoms with E-state index >= 15 is 0 Å². The zero-order valence-corrected chi connectivity index (χ0v) is 34.6. The Hall–Kier alpha value is -3.19. The zero-order valence-electron chi connectivity index (χ0n) is 33.8. The Bertz CT molecular complexity index is 1460. The molecule has 12 heteroatoms. The van der Waals surface area contributed by atoms with E-state index in [0.29, 0.717) is 37.4 Å². The predicted octanol–water partition coefficient (Wildman–Crippen LogP) is 6.63. The number of aromatic hydroxyl groups is 1. The molecule has 1 fully saturated rings. The van der Waals surface area contributed by atoms with Crippen LogP contribution in [0.3, 0.4) is 0 Å². The number of ketones is 2. The number of carbonyl (C=O) groups is 4. The van der Waals surface area contributed by atoms with Crippen LogP contribution in [0.4, 0.5) is 0 Å². The topological polar surface area (TPSA) is 164 Å². The van der Waals surface area contributed by atoms with Crippen LogP contribution in [0.2, 0.25) is 0 Å². The molecule has 3 rings (SSSR count). The van der Waals surface area contributed by atoms with Crippen molar-refractivity contribution in [3.8, 4) is 5.75 Å². The van der Waals surface area contributed by atoms with Crippen LogP contribution >= 0.6 is 11.3 Å². The number of benzene rings is 1. The minimum atomic E-state index is -0.443. The average Bonchev–Trinajstić information content (AvgIpc) is 3.67. The molecule has 0 bridgehead atoms. The van der Waals surface area contributed by atoms with Gasteiger partial charge in [0.2, 0.25) is 5.91 Å². The van der Waals surface area contributed by atoms with Gasteiger partial charge in [-0.1, -0.05) is 73.4 Å². The van der Waals surface area contributed by atoms with Crippen molar-refractivity contribution in [3.05, 3.63) is 45.9 Å². The molecular weight excluding hydrogens is 703 g/mol. The van der Waals surface area contributed by atoms with Gasteiger partial charge in [-0.05, 0) is 74.6 Å². The average molecular weight is 770 g/mol. The summed E-state index contributed by atoms with van der Waals surface area (Å²) in [6, 6.07) is 6.08. The lowest BCUT2D eigenvalue weighted by Crippen LogP contribution is -2.50. The summed E-state index contributed by atoms with van der Waals surface area (Å²) >= 11 is 1.37. The number of Topliss-reactive ketones (excluding diaryl/α,β-unsaturated/α-hetero) is 2. The van der Waals surface area contributed by atoms with Crippen LogP contribution in [0.1, 0.15) is 133 Å². The number of phenolic OH excluding ortho intramolecular Hbond substituents is 1. The molecule has 0 radical (unpaired) electrons. The second-order valence-corrected chi connectivity index (χ2v) is 16.4. The van der Waals surface area contributed by atoms with Gasteiger partial charge in [0.15, 0.2) is 5.78 Å². The number of nitrogens with two attached hydrogens (primary N) is 1. The van der Waals surface area contributed by atoms with Gasteiger partial charge in [0, 0.05) is 55.3 Å².